The zero-order valence-electron chi connectivity index (χ0n) is 13.1. The Balaban J connectivity index is 1.72. The number of carbonyl (C=O) groups excluding carboxylic acids is 2. The predicted octanol–water partition coefficient (Wildman–Crippen LogP) is 2.34. The van der Waals surface area contributed by atoms with Crippen molar-refractivity contribution in [2.45, 2.75) is 44.9 Å². The number of amides is 2. The van der Waals surface area contributed by atoms with E-state index >= 15 is 0 Å². The highest BCUT2D eigenvalue weighted by atomic mass is 16.4. The number of benzene rings is 1. The lowest BCUT2D eigenvalue weighted by Crippen LogP contribution is -2.25. The van der Waals surface area contributed by atoms with Crippen LogP contribution in [0.4, 0.5) is 5.69 Å². The summed E-state index contributed by atoms with van der Waals surface area (Å²) in [5.74, 6) is -0.866. The van der Waals surface area contributed by atoms with Crippen LogP contribution >= 0.6 is 0 Å². The van der Waals surface area contributed by atoms with Gasteiger partial charge in [-0.2, -0.15) is 0 Å². The van der Waals surface area contributed by atoms with E-state index in [0.29, 0.717) is 31.4 Å². The monoisotopic (exact) mass is 318 g/mol. The molecule has 6 heteroatoms. The third kappa shape index (κ3) is 5.39. The van der Waals surface area contributed by atoms with Crippen LogP contribution in [0.25, 0.3) is 0 Å². The molecule has 0 unspecified atom stereocenters. The number of hydrogen-bond acceptors (Lipinski definition) is 3. The van der Waals surface area contributed by atoms with Crippen molar-refractivity contribution in [2.24, 2.45) is 0 Å². The predicted molar refractivity (Wildman–Crippen MR) is 86.4 cm³/mol. The lowest BCUT2D eigenvalue weighted by Gasteiger charge is -2.17. The number of fused-ring (bicyclic) bond motifs is 1. The van der Waals surface area contributed by atoms with Crippen LogP contribution in [-0.4, -0.2) is 29.4 Å². The number of carboxylic acids is 1. The SMILES string of the molecule is O=C(O)CCCCCCNC(=O)c1ccc2c(c1)CCC(=O)N2. The highest BCUT2D eigenvalue weighted by Gasteiger charge is 2.16. The maximum Gasteiger partial charge on any atom is 0.303 e. The molecule has 6 nitrogen and oxygen atoms in total. The normalized spacial score (nSPS) is 13.1. The van der Waals surface area contributed by atoms with Crippen molar-refractivity contribution in [3.05, 3.63) is 29.3 Å². The maximum atomic E-state index is 12.1. The first kappa shape index (κ1) is 17.0. The number of rotatable bonds is 8. The van der Waals surface area contributed by atoms with Crippen LogP contribution in [0, 0.1) is 0 Å². The quantitative estimate of drug-likeness (QED) is 0.641. The molecule has 2 amide bonds. The second kappa shape index (κ2) is 8.31. The van der Waals surface area contributed by atoms with Crippen molar-refractivity contribution in [3.8, 4) is 0 Å². The summed E-state index contributed by atoms with van der Waals surface area (Å²) in [4.78, 5) is 33.8. The lowest BCUT2D eigenvalue weighted by atomic mass is 10.00. The Bertz CT molecular complexity index is 598. The first-order valence-electron chi connectivity index (χ1n) is 7.99. The van der Waals surface area contributed by atoms with Gasteiger partial charge >= 0.3 is 5.97 Å². The zero-order chi connectivity index (χ0) is 16.7. The smallest absolute Gasteiger partial charge is 0.303 e. The van der Waals surface area contributed by atoms with E-state index in [-0.39, 0.29) is 18.2 Å². The Morgan fingerprint density at radius 3 is 2.70 bits per heavy atom. The second-order valence-electron chi connectivity index (χ2n) is 5.73. The fourth-order valence-corrected chi connectivity index (χ4v) is 2.58. The van der Waals surface area contributed by atoms with Gasteiger partial charge in [-0.3, -0.25) is 14.4 Å². The molecule has 1 aliphatic heterocycles. The minimum absolute atomic E-state index is 0.0117. The van der Waals surface area contributed by atoms with Gasteiger partial charge in [-0.25, -0.2) is 0 Å². The van der Waals surface area contributed by atoms with Gasteiger partial charge in [-0.05, 0) is 43.0 Å². The van der Waals surface area contributed by atoms with Gasteiger partial charge in [0.05, 0.1) is 0 Å². The standard InChI is InChI=1S/C17H22N2O4/c20-15-9-7-12-11-13(6-8-14(12)19-15)17(23)18-10-4-2-1-3-5-16(21)22/h6,8,11H,1-5,7,9-10H2,(H,18,23)(H,19,20)(H,21,22). The summed E-state index contributed by atoms with van der Waals surface area (Å²) in [6, 6.07) is 5.32. The molecule has 1 heterocycles. The lowest BCUT2D eigenvalue weighted by molar-refractivity contribution is -0.137. The molecule has 0 saturated carbocycles. The molecule has 1 aromatic rings. The fraction of sp³-hybridized carbons (Fsp3) is 0.471. The number of nitrogens with one attached hydrogen (secondary N) is 2. The van der Waals surface area contributed by atoms with Crippen LogP contribution in [0.15, 0.2) is 18.2 Å². The largest absolute Gasteiger partial charge is 0.481 e. The summed E-state index contributed by atoms with van der Waals surface area (Å²) >= 11 is 0. The molecule has 0 aromatic heterocycles. The Morgan fingerprint density at radius 1 is 1.13 bits per heavy atom. The van der Waals surface area contributed by atoms with Gasteiger partial charge in [-0.15, -0.1) is 0 Å². The van der Waals surface area contributed by atoms with E-state index in [1.54, 1.807) is 12.1 Å². The number of unbranched alkanes of at least 4 members (excludes halogenated alkanes) is 3. The van der Waals surface area contributed by atoms with E-state index in [1.165, 1.54) is 0 Å². The number of aliphatic carboxylic acids is 1. The number of hydrogen-bond donors (Lipinski definition) is 3. The van der Waals surface area contributed by atoms with Crippen molar-refractivity contribution in [1.29, 1.82) is 0 Å². The average Bonchev–Trinajstić information content (AvgIpc) is 2.53. The Labute approximate surface area is 135 Å². The number of aryl methyl sites for hydroxylation is 1. The molecule has 1 aliphatic rings. The molecule has 0 bridgehead atoms. The third-order valence-corrected chi connectivity index (χ3v) is 3.87. The first-order chi connectivity index (χ1) is 11.1. The van der Waals surface area contributed by atoms with Gasteiger partial charge in [0.1, 0.15) is 0 Å². The highest BCUT2D eigenvalue weighted by Crippen LogP contribution is 2.23. The molecular formula is C17H22N2O4. The van der Waals surface area contributed by atoms with Crippen LogP contribution in [0.1, 0.15) is 54.4 Å². The van der Waals surface area contributed by atoms with Crippen LogP contribution in [0.5, 0.6) is 0 Å². The van der Waals surface area contributed by atoms with Crippen molar-refractivity contribution in [3.63, 3.8) is 0 Å². The topological polar surface area (TPSA) is 95.5 Å². The first-order valence-corrected chi connectivity index (χ1v) is 7.99. The van der Waals surface area contributed by atoms with E-state index in [9.17, 15) is 14.4 Å². The Hall–Kier alpha value is -2.37. The molecule has 3 N–H and O–H groups in total. The Kier molecular flexibility index (Phi) is 6.14. The number of carboxylic acid groups (broad SMARTS) is 1. The van der Waals surface area contributed by atoms with E-state index in [1.807, 2.05) is 6.07 Å². The minimum Gasteiger partial charge on any atom is -0.481 e. The molecule has 23 heavy (non-hydrogen) atoms. The van der Waals surface area contributed by atoms with Gasteiger partial charge in [0.2, 0.25) is 5.91 Å². The van der Waals surface area contributed by atoms with Gasteiger partial charge in [0.15, 0.2) is 0 Å². The van der Waals surface area contributed by atoms with Gasteiger partial charge < -0.3 is 15.7 Å². The molecule has 0 aliphatic carbocycles. The van der Waals surface area contributed by atoms with Crippen LogP contribution in [0.3, 0.4) is 0 Å². The maximum absolute atomic E-state index is 12.1. The van der Waals surface area contributed by atoms with E-state index in [0.717, 1.165) is 30.5 Å². The Morgan fingerprint density at radius 2 is 1.91 bits per heavy atom. The third-order valence-electron chi connectivity index (χ3n) is 3.87. The van der Waals surface area contributed by atoms with Crippen molar-refractivity contribution in [2.75, 3.05) is 11.9 Å². The van der Waals surface area contributed by atoms with E-state index in [2.05, 4.69) is 10.6 Å². The fourth-order valence-electron chi connectivity index (χ4n) is 2.58. The number of anilines is 1. The molecular weight excluding hydrogens is 296 g/mol. The molecule has 124 valence electrons. The molecule has 0 radical (unpaired) electrons. The van der Waals surface area contributed by atoms with Crippen molar-refractivity contribution < 1.29 is 19.5 Å². The molecule has 0 fully saturated rings. The average molecular weight is 318 g/mol. The molecule has 2 rings (SSSR count). The summed E-state index contributed by atoms with van der Waals surface area (Å²) in [6.45, 7) is 0.583. The molecule has 0 atom stereocenters. The van der Waals surface area contributed by atoms with Gasteiger partial charge in [-0.1, -0.05) is 12.8 Å². The molecule has 0 spiro atoms. The van der Waals surface area contributed by atoms with Crippen molar-refractivity contribution >= 4 is 23.5 Å². The van der Waals surface area contributed by atoms with E-state index in [4.69, 9.17) is 5.11 Å². The van der Waals surface area contributed by atoms with Crippen LogP contribution in [-0.2, 0) is 16.0 Å². The minimum atomic E-state index is -0.762. The number of carbonyl (C=O) groups is 3. The summed E-state index contributed by atoms with van der Waals surface area (Å²) in [5, 5.41) is 14.2. The van der Waals surface area contributed by atoms with E-state index < -0.39 is 5.97 Å². The summed E-state index contributed by atoms with van der Waals surface area (Å²) in [6.07, 6.45) is 4.61. The van der Waals surface area contributed by atoms with Crippen LogP contribution < -0.4 is 10.6 Å². The van der Waals surface area contributed by atoms with Gasteiger partial charge in [0.25, 0.3) is 5.91 Å². The second-order valence-corrected chi connectivity index (χ2v) is 5.73. The zero-order valence-corrected chi connectivity index (χ0v) is 13.1. The summed E-state index contributed by atoms with van der Waals surface area (Å²) in [5.41, 5.74) is 2.38. The summed E-state index contributed by atoms with van der Waals surface area (Å²) in [7, 11) is 0. The summed E-state index contributed by atoms with van der Waals surface area (Å²) < 4.78 is 0. The van der Waals surface area contributed by atoms with Gasteiger partial charge in [0, 0.05) is 30.6 Å². The highest BCUT2D eigenvalue weighted by molar-refractivity contribution is 5.97. The van der Waals surface area contributed by atoms with Crippen LogP contribution in [0.2, 0.25) is 0 Å². The molecule has 0 saturated heterocycles. The molecule has 1 aromatic carbocycles. The van der Waals surface area contributed by atoms with Crippen molar-refractivity contribution in [1.82, 2.24) is 5.32 Å².